The minimum Gasteiger partial charge on any atom is -0.497 e. The van der Waals surface area contributed by atoms with Crippen molar-refractivity contribution >= 4 is 22.4 Å². The Kier molecular flexibility index (Phi) is 8.17. The van der Waals surface area contributed by atoms with Gasteiger partial charge in [0.1, 0.15) is 17.1 Å². The summed E-state index contributed by atoms with van der Waals surface area (Å²) in [6, 6.07) is 9.95. The number of allylic oxidation sites excluding steroid dienone is 1. The van der Waals surface area contributed by atoms with Gasteiger partial charge in [0.2, 0.25) is 5.91 Å². The molecule has 0 radical (unpaired) electrons. The van der Waals surface area contributed by atoms with Crippen molar-refractivity contribution in [2.75, 3.05) is 40.9 Å². The van der Waals surface area contributed by atoms with Crippen molar-refractivity contribution < 1.29 is 18.7 Å². The molecule has 1 N–H and O–H groups in total. The molecular weight excluding hydrogens is 416 g/mol. The van der Waals surface area contributed by atoms with Crippen molar-refractivity contribution in [3.05, 3.63) is 53.8 Å². The number of amides is 1. The summed E-state index contributed by atoms with van der Waals surface area (Å²) in [6.45, 7) is 7.98. The van der Waals surface area contributed by atoms with E-state index in [2.05, 4.69) is 16.3 Å². The highest BCUT2D eigenvalue weighted by atomic mass is 16.5. The molecule has 1 aromatic heterocycles. The summed E-state index contributed by atoms with van der Waals surface area (Å²) in [5.74, 6) is 1.45. The van der Waals surface area contributed by atoms with Crippen molar-refractivity contribution in [2.45, 2.75) is 27.2 Å². The number of furan rings is 1. The van der Waals surface area contributed by atoms with Crippen LogP contribution in [0.15, 0.2) is 47.1 Å². The molecule has 0 atom stereocenters. The summed E-state index contributed by atoms with van der Waals surface area (Å²) in [4.78, 5) is 14.6. The molecule has 6 nitrogen and oxygen atoms in total. The quantitative estimate of drug-likeness (QED) is 0.336. The molecule has 1 amide bonds. The van der Waals surface area contributed by atoms with Crippen LogP contribution in [0.3, 0.4) is 0 Å². The van der Waals surface area contributed by atoms with E-state index in [1.54, 1.807) is 19.4 Å². The van der Waals surface area contributed by atoms with Gasteiger partial charge in [-0.25, -0.2) is 0 Å². The third-order valence-electron chi connectivity index (χ3n) is 5.59. The summed E-state index contributed by atoms with van der Waals surface area (Å²) >= 11 is 0. The van der Waals surface area contributed by atoms with E-state index in [0.717, 1.165) is 63.3 Å². The Morgan fingerprint density at radius 3 is 2.58 bits per heavy atom. The first kappa shape index (κ1) is 24.4. The molecule has 0 bridgehead atoms. The first-order chi connectivity index (χ1) is 15.8. The highest BCUT2D eigenvalue weighted by molar-refractivity contribution is 6.01. The Labute approximate surface area is 196 Å². The number of aryl methyl sites for hydroxylation is 1. The van der Waals surface area contributed by atoms with E-state index in [4.69, 9.17) is 13.9 Å². The van der Waals surface area contributed by atoms with Crippen molar-refractivity contribution in [2.24, 2.45) is 0 Å². The third kappa shape index (κ3) is 5.76. The number of benzene rings is 2. The van der Waals surface area contributed by atoms with Crippen molar-refractivity contribution in [3.8, 4) is 22.6 Å². The molecule has 0 spiro atoms. The van der Waals surface area contributed by atoms with Gasteiger partial charge in [0.15, 0.2) is 0 Å². The lowest BCUT2D eigenvalue weighted by atomic mass is 9.96. The standard InChI is InChI=1S/C27H34N2O4/c1-7-32-26-19(3)27-23(24(17-33-27)20-9-11-21(31-6)12-10-20)16-22(26)18(2)15-25(30)28-13-8-14-29(4)5/h9-12,15-17H,7-8,13-14H2,1-6H3,(H,28,30)/b18-15+. The van der Waals surface area contributed by atoms with Gasteiger partial charge < -0.3 is 24.1 Å². The smallest absolute Gasteiger partial charge is 0.244 e. The summed E-state index contributed by atoms with van der Waals surface area (Å²) in [7, 11) is 5.70. The maximum Gasteiger partial charge on any atom is 0.244 e. The Hall–Kier alpha value is -3.25. The fourth-order valence-corrected chi connectivity index (χ4v) is 3.87. The molecule has 0 aliphatic rings. The number of carbonyl (C=O) groups is 1. The van der Waals surface area contributed by atoms with E-state index in [-0.39, 0.29) is 5.91 Å². The number of hydrogen-bond donors (Lipinski definition) is 1. The van der Waals surface area contributed by atoms with Gasteiger partial charge in [-0.2, -0.15) is 0 Å². The molecular formula is C27H34N2O4. The van der Waals surface area contributed by atoms with Crippen LogP contribution in [-0.2, 0) is 4.79 Å². The fourth-order valence-electron chi connectivity index (χ4n) is 3.87. The van der Waals surface area contributed by atoms with E-state index in [0.29, 0.717) is 13.2 Å². The lowest BCUT2D eigenvalue weighted by Crippen LogP contribution is -2.25. The molecule has 0 saturated carbocycles. The third-order valence-corrected chi connectivity index (χ3v) is 5.59. The Bertz CT molecular complexity index is 1130. The zero-order valence-corrected chi connectivity index (χ0v) is 20.5. The number of nitrogens with zero attached hydrogens (tertiary/aromatic N) is 1. The molecule has 0 aliphatic carbocycles. The van der Waals surface area contributed by atoms with Gasteiger partial charge in [0.05, 0.1) is 20.0 Å². The first-order valence-electron chi connectivity index (χ1n) is 11.3. The van der Waals surface area contributed by atoms with Crippen LogP contribution >= 0.6 is 0 Å². The van der Waals surface area contributed by atoms with Crippen LogP contribution < -0.4 is 14.8 Å². The Morgan fingerprint density at radius 2 is 1.94 bits per heavy atom. The van der Waals surface area contributed by atoms with Crippen LogP contribution in [0.2, 0.25) is 0 Å². The van der Waals surface area contributed by atoms with Crippen LogP contribution in [0, 0.1) is 6.92 Å². The Balaban J connectivity index is 1.98. The number of methoxy groups -OCH3 is 1. The molecule has 1 heterocycles. The van der Waals surface area contributed by atoms with Crippen LogP contribution in [-0.4, -0.2) is 51.7 Å². The second-order valence-corrected chi connectivity index (χ2v) is 8.34. The number of fused-ring (bicyclic) bond motifs is 1. The Morgan fingerprint density at radius 1 is 1.21 bits per heavy atom. The van der Waals surface area contributed by atoms with Gasteiger partial charge >= 0.3 is 0 Å². The molecule has 6 heteroatoms. The summed E-state index contributed by atoms with van der Waals surface area (Å²) in [6.07, 6.45) is 4.32. The number of rotatable bonds is 10. The minimum atomic E-state index is -0.103. The first-order valence-corrected chi connectivity index (χ1v) is 11.3. The maximum absolute atomic E-state index is 12.5. The number of carbonyl (C=O) groups excluding carboxylic acids is 1. The van der Waals surface area contributed by atoms with E-state index in [1.165, 1.54) is 0 Å². The molecule has 0 aliphatic heterocycles. The summed E-state index contributed by atoms with van der Waals surface area (Å²) in [5, 5.41) is 3.95. The van der Waals surface area contributed by atoms with Crippen molar-refractivity contribution in [3.63, 3.8) is 0 Å². The van der Waals surface area contributed by atoms with Gasteiger partial charge in [0, 0.05) is 34.7 Å². The molecule has 0 saturated heterocycles. The second kappa shape index (κ2) is 11.1. The van der Waals surface area contributed by atoms with Crippen molar-refractivity contribution in [1.29, 1.82) is 0 Å². The lowest BCUT2D eigenvalue weighted by Gasteiger charge is -2.15. The van der Waals surface area contributed by atoms with Crippen LogP contribution in [0.1, 0.15) is 31.4 Å². The molecule has 3 aromatic rings. The predicted molar refractivity (Wildman–Crippen MR) is 134 cm³/mol. The van der Waals surface area contributed by atoms with Gasteiger partial charge in [-0.05, 0) is 77.2 Å². The van der Waals surface area contributed by atoms with Gasteiger partial charge in [-0.1, -0.05) is 12.1 Å². The van der Waals surface area contributed by atoms with Crippen LogP contribution in [0.5, 0.6) is 11.5 Å². The van der Waals surface area contributed by atoms with Gasteiger partial charge in [-0.3, -0.25) is 4.79 Å². The van der Waals surface area contributed by atoms with Crippen LogP contribution in [0.25, 0.3) is 27.7 Å². The van der Waals surface area contributed by atoms with Crippen molar-refractivity contribution in [1.82, 2.24) is 10.2 Å². The van der Waals surface area contributed by atoms with E-state index in [9.17, 15) is 4.79 Å². The molecule has 2 aromatic carbocycles. The summed E-state index contributed by atoms with van der Waals surface area (Å²) < 4.78 is 17.2. The SMILES string of the molecule is CCOc1c(/C(C)=C/C(=O)NCCCN(C)C)cc2c(-c3ccc(OC)cc3)coc2c1C. The zero-order valence-electron chi connectivity index (χ0n) is 20.5. The number of hydrogen-bond acceptors (Lipinski definition) is 5. The van der Waals surface area contributed by atoms with Gasteiger partial charge in [0.25, 0.3) is 0 Å². The second-order valence-electron chi connectivity index (χ2n) is 8.34. The maximum atomic E-state index is 12.5. The summed E-state index contributed by atoms with van der Waals surface area (Å²) in [5.41, 5.74) is 5.46. The minimum absolute atomic E-state index is 0.103. The molecule has 0 unspecified atom stereocenters. The van der Waals surface area contributed by atoms with Gasteiger partial charge in [-0.15, -0.1) is 0 Å². The average Bonchev–Trinajstić information content (AvgIpc) is 3.22. The number of nitrogens with one attached hydrogen (secondary N) is 1. The van der Waals surface area contributed by atoms with Crippen LogP contribution in [0.4, 0.5) is 0 Å². The predicted octanol–water partition coefficient (Wildman–Crippen LogP) is 5.29. The highest BCUT2D eigenvalue weighted by Crippen LogP contribution is 2.41. The molecule has 33 heavy (non-hydrogen) atoms. The van der Waals surface area contributed by atoms with E-state index >= 15 is 0 Å². The fraction of sp³-hybridized carbons (Fsp3) is 0.370. The number of ether oxygens (including phenoxy) is 2. The molecule has 3 rings (SSSR count). The van der Waals surface area contributed by atoms with E-state index < -0.39 is 0 Å². The van der Waals surface area contributed by atoms with E-state index in [1.807, 2.05) is 59.1 Å². The zero-order chi connectivity index (χ0) is 24.0. The molecule has 176 valence electrons. The monoisotopic (exact) mass is 450 g/mol. The topological polar surface area (TPSA) is 63.9 Å². The average molecular weight is 451 g/mol. The molecule has 0 fully saturated rings. The normalized spacial score (nSPS) is 11.8. The lowest BCUT2D eigenvalue weighted by molar-refractivity contribution is -0.116. The largest absolute Gasteiger partial charge is 0.497 e. The highest BCUT2D eigenvalue weighted by Gasteiger charge is 2.19.